The van der Waals surface area contributed by atoms with Gasteiger partial charge in [0.15, 0.2) is 0 Å². The average Bonchev–Trinajstić information content (AvgIpc) is 3.04. The molecule has 2 heterocycles. The van der Waals surface area contributed by atoms with Crippen LogP contribution < -0.4 is 4.74 Å². The molecule has 1 aliphatic heterocycles. The third-order valence-corrected chi connectivity index (χ3v) is 3.84. The number of carbonyl (C=O) groups is 1. The fourth-order valence-corrected chi connectivity index (χ4v) is 2.70. The number of rotatable bonds is 3. The van der Waals surface area contributed by atoms with Gasteiger partial charge in [-0.05, 0) is 29.8 Å². The van der Waals surface area contributed by atoms with Crippen LogP contribution in [0.4, 0.5) is 13.2 Å². The van der Waals surface area contributed by atoms with E-state index < -0.39 is 6.36 Å². The quantitative estimate of drug-likeness (QED) is 0.919. The van der Waals surface area contributed by atoms with Crippen molar-refractivity contribution in [3.63, 3.8) is 0 Å². The molecule has 0 bridgehead atoms. The minimum atomic E-state index is -4.72. The summed E-state index contributed by atoms with van der Waals surface area (Å²) in [5.74, 6) is 0.208. The van der Waals surface area contributed by atoms with Crippen molar-refractivity contribution in [2.45, 2.75) is 19.3 Å². The molecule has 1 aromatic heterocycles. The first-order valence-corrected chi connectivity index (χ1v) is 7.59. The summed E-state index contributed by atoms with van der Waals surface area (Å²) in [6.45, 7) is 2.79. The minimum Gasteiger partial charge on any atom is -0.406 e. The van der Waals surface area contributed by atoms with E-state index >= 15 is 0 Å². The summed E-state index contributed by atoms with van der Waals surface area (Å²) in [4.78, 5) is 20.8. The zero-order chi connectivity index (χ0) is 18.0. The number of nitrogens with zero attached hydrogens (tertiary/aromatic N) is 2. The minimum absolute atomic E-state index is 0.0695. The molecule has 3 rings (SSSR count). The molecular formula is C16H16F3N3O3. The molecule has 1 saturated heterocycles. The first-order valence-electron chi connectivity index (χ1n) is 7.59. The summed E-state index contributed by atoms with van der Waals surface area (Å²) in [6, 6.07) is 5.15. The zero-order valence-corrected chi connectivity index (χ0v) is 13.3. The van der Waals surface area contributed by atoms with Crippen LogP contribution in [0.1, 0.15) is 18.8 Å². The summed E-state index contributed by atoms with van der Waals surface area (Å²) in [7, 11) is 0. The van der Waals surface area contributed by atoms with Crippen molar-refractivity contribution >= 4 is 5.91 Å². The highest BCUT2D eigenvalue weighted by molar-refractivity contribution is 5.74. The van der Waals surface area contributed by atoms with Crippen LogP contribution in [0.15, 0.2) is 30.5 Å². The molecule has 1 N–H and O–H groups in total. The van der Waals surface area contributed by atoms with Crippen LogP contribution in [0.5, 0.6) is 5.75 Å². The second-order valence-corrected chi connectivity index (χ2v) is 5.56. The lowest BCUT2D eigenvalue weighted by Crippen LogP contribution is -2.42. The molecule has 1 atom stereocenters. The predicted octanol–water partition coefficient (Wildman–Crippen LogP) is 2.90. The van der Waals surface area contributed by atoms with E-state index in [1.54, 1.807) is 11.1 Å². The summed E-state index contributed by atoms with van der Waals surface area (Å²) in [5.41, 5.74) is 1.28. The number of hydrogen-bond acceptors (Lipinski definition) is 4. The first-order chi connectivity index (χ1) is 11.8. The Hall–Kier alpha value is -2.55. The number of alkyl halides is 3. The Morgan fingerprint density at radius 1 is 1.36 bits per heavy atom. The Morgan fingerprint density at radius 3 is 2.72 bits per heavy atom. The molecular weight excluding hydrogens is 339 g/mol. The fraction of sp³-hybridized carbons (Fsp3) is 0.375. The van der Waals surface area contributed by atoms with E-state index in [-0.39, 0.29) is 17.7 Å². The van der Waals surface area contributed by atoms with Crippen molar-refractivity contribution in [2.24, 2.45) is 0 Å². The van der Waals surface area contributed by atoms with E-state index in [9.17, 15) is 18.0 Å². The van der Waals surface area contributed by atoms with Gasteiger partial charge in [0.25, 0.3) is 0 Å². The van der Waals surface area contributed by atoms with Crippen LogP contribution in [0.25, 0.3) is 11.3 Å². The number of ether oxygens (including phenoxy) is 2. The van der Waals surface area contributed by atoms with Gasteiger partial charge in [0.05, 0.1) is 25.1 Å². The Bertz CT molecular complexity index is 743. The number of nitrogens with one attached hydrogen (secondary N) is 1. The van der Waals surface area contributed by atoms with Crippen molar-refractivity contribution in [3.8, 4) is 17.0 Å². The van der Waals surface area contributed by atoms with Gasteiger partial charge in [0.2, 0.25) is 5.91 Å². The van der Waals surface area contributed by atoms with Crippen LogP contribution in [0.2, 0.25) is 0 Å². The third-order valence-electron chi connectivity index (χ3n) is 3.84. The fourth-order valence-electron chi connectivity index (χ4n) is 2.70. The van der Waals surface area contributed by atoms with Crippen LogP contribution in [-0.2, 0) is 9.53 Å². The number of carbonyl (C=O) groups excluding carboxylic acids is 1. The second-order valence-electron chi connectivity index (χ2n) is 5.56. The highest BCUT2D eigenvalue weighted by Crippen LogP contribution is 2.28. The standard InChI is InChI=1S/C16H16F3N3O3/c1-10(23)22-6-7-24-9-14(22)15-20-8-13(21-15)11-2-4-12(5-3-11)25-16(17,18)19/h2-5,8,14H,6-7,9H2,1H3,(H,20,21). The number of imidazole rings is 1. The third kappa shape index (κ3) is 4.11. The highest BCUT2D eigenvalue weighted by Gasteiger charge is 2.31. The summed E-state index contributed by atoms with van der Waals surface area (Å²) in [5, 5.41) is 0. The van der Waals surface area contributed by atoms with Crippen molar-refractivity contribution in [1.82, 2.24) is 14.9 Å². The van der Waals surface area contributed by atoms with E-state index in [4.69, 9.17) is 4.74 Å². The Labute approximate surface area is 141 Å². The molecule has 1 aliphatic rings. The number of aromatic amines is 1. The van der Waals surface area contributed by atoms with Gasteiger partial charge >= 0.3 is 6.36 Å². The predicted molar refractivity (Wildman–Crippen MR) is 81.7 cm³/mol. The van der Waals surface area contributed by atoms with Crippen LogP contribution in [-0.4, -0.2) is 46.9 Å². The highest BCUT2D eigenvalue weighted by atomic mass is 19.4. The maximum atomic E-state index is 12.2. The lowest BCUT2D eigenvalue weighted by Gasteiger charge is -2.33. The van der Waals surface area contributed by atoms with Gasteiger partial charge in [-0.1, -0.05) is 0 Å². The lowest BCUT2D eigenvalue weighted by atomic mass is 10.1. The summed E-state index contributed by atoms with van der Waals surface area (Å²) < 4.78 is 45.8. The number of halogens is 3. The molecule has 0 aliphatic carbocycles. The average molecular weight is 355 g/mol. The second kappa shape index (κ2) is 6.75. The van der Waals surface area contributed by atoms with Crippen LogP contribution >= 0.6 is 0 Å². The van der Waals surface area contributed by atoms with Crippen molar-refractivity contribution < 1.29 is 27.4 Å². The molecule has 6 nitrogen and oxygen atoms in total. The van der Waals surface area contributed by atoms with Crippen LogP contribution in [0, 0.1) is 0 Å². The Kier molecular flexibility index (Phi) is 4.67. The van der Waals surface area contributed by atoms with Gasteiger partial charge < -0.3 is 19.4 Å². The molecule has 9 heteroatoms. The molecule has 1 fully saturated rings. The van der Waals surface area contributed by atoms with Gasteiger partial charge in [-0.3, -0.25) is 4.79 Å². The number of benzene rings is 1. The van der Waals surface area contributed by atoms with Crippen molar-refractivity contribution in [1.29, 1.82) is 0 Å². The smallest absolute Gasteiger partial charge is 0.406 e. The van der Waals surface area contributed by atoms with Gasteiger partial charge in [-0.15, -0.1) is 13.2 Å². The maximum absolute atomic E-state index is 12.2. The van der Waals surface area contributed by atoms with E-state index in [2.05, 4.69) is 14.7 Å². The normalized spacial score (nSPS) is 18.2. The maximum Gasteiger partial charge on any atom is 0.573 e. The number of hydrogen-bond donors (Lipinski definition) is 1. The van der Waals surface area contributed by atoms with Crippen molar-refractivity contribution in [2.75, 3.05) is 19.8 Å². The Morgan fingerprint density at radius 2 is 2.08 bits per heavy atom. The number of amides is 1. The lowest BCUT2D eigenvalue weighted by molar-refractivity contribution is -0.274. The molecule has 1 amide bonds. The van der Waals surface area contributed by atoms with Gasteiger partial charge in [0.1, 0.15) is 17.6 Å². The SMILES string of the molecule is CC(=O)N1CCOCC1c1ncc(-c2ccc(OC(F)(F)F)cc2)[nH]1. The van der Waals surface area contributed by atoms with E-state index in [0.717, 1.165) is 0 Å². The molecule has 2 aromatic rings. The molecule has 1 unspecified atom stereocenters. The topological polar surface area (TPSA) is 67.5 Å². The van der Waals surface area contributed by atoms with Crippen LogP contribution in [0.3, 0.4) is 0 Å². The molecule has 0 saturated carbocycles. The zero-order valence-electron chi connectivity index (χ0n) is 13.3. The van der Waals surface area contributed by atoms with E-state index in [0.29, 0.717) is 36.8 Å². The Balaban J connectivity index is 1.78. The molecule has 134 valence electrons. The van der Waals surface area contributed by atoms with E-state index in [1.165, 1.54) is 31.2 Å². The largest absolute Gasteiger partial charge is 0.573 e. The summed E-state index contributed by atoms with van der Waals surface area (Å²) in [6.07, 6.45) is -3.15. The van der Waals surface area contributed by atoms with Gasteiger partial charge in [-0.2, -0.15) is 0 Å². The summed E-state index contributed by atoms with van der Waals surface area (Å²) >= 11 is 0. The van der Waals surface area contributed by atoms with Gasteiger partial charge in [0, 0.05) is 13.5 Å². The molecule has 0 radical (unpaired) electrons. The molecule has 0 spiro atoms. The van der Waals surface area contributed by atoms with Crippen molar-refractivity contribution in [3.05, 3.63) is 36.3 Å². The molecule has 25 heavy (non-hydrogen) atoms. The number of morpholine rings is 1. The van der Waals surface area contributed by atoms with Gasteiger partial charge in [-0.25, -0.2) is 4.98 Å². The molecule has 1 aromatic carbocycles. The monoisotopic (exact) mass is 355 g/mol. The number of aromatic nitrogens is 2. The van der Waals surface area contributed by atoms with E-state index in [1.807, 2.05) is 0 Å². The first kappa shape index (κ1) is 17.3. The number of H-pyrrole nitrogens is 1.